The summed E-state index contributed by atoms with van der Waals surface area (Å²) in [6.45, 7) is 0. The van der Waals surface area contributed by atoms with Crippen molar-refractivity contribution in [2.75, 3.05) is 14.2 Å². The molecule has 2 nitrogen and oxygen atoms in total. The van der Waals surface area contributed by atoms with Crippen LogP contribution in [0.3, 0.4) is 0 Å². The average Bonchev–Trinajstić information content (AvgIpc) is 2.41. The quantitative estimate of drug-likeness (QED) is 0.564. The third kappa shape index (κ3) is 4.26. The molecule has 0 heterocycles. The summed E-state index contributed by atoms with van der Waals surface area (Å²) in [6.07, 6.45) is 0. The van der Waals surface area contributed by atoms with Gasteiger partial charge < -0.3 is 0 Å². The molecule has 84 valence electrons. The summed E-state index contributed by atoms with van der Waals surface area (Å²) >= 11 is 0. The summed E-state index contributed by atoms with van der Waals surface area (Å²) in [7, 11) is 2.92. The van der Waals surface area contributed by atoms with Crippen LogP contribution in [0.2, 0.25) is 0 Å². The SMILES string of the molecule is COOC.c1ccc(-c2ccccc2)cc1. The molecule has 0 aromatic heterocycles. The molecule has 2 aromatic rings. The molecule has 0 N–H and O–H groups in total. The van der Waals surface area contributed by atoms with Crippen LogP contribution in [0.15, 0.2) is 60.7 Å². The van der Waals surface area contributed by atoms with Crippen molar-refractivity contribution in [1.29, 1.82) is 0 Å². The zero-order valence-corrected chi connectivity index (χ0v) is 9.59. The van der Waals surface area contributed by atoms with Crippen LogP contribution in [0.5, 0.6) is 0 Å². The van der Waals surface area contributed by atoms with E-state index in [2.05, 4.69) is 58.3 Å². The smallest absolute Gasteiger partial charge is 0.0712 e. The molecule has 0 atom stereocenters. The van der Waals surface area contributed by atoms with Crippen LogP contribution in [-0.2, 0) is 9.78 Å². The minimum Gasteiger partial charge on any atom is -0.240 e. The molecule has 0 saturated carbocycles. The lowest BCUT2D eigenvalue weighted by atomic mass is 10.1. The van der Waals surface area contributed by atoms with Gasteiger partial charge in [-0.1, -0.05) is 60.7 Å². The number of rotatable bonds is 2. The first kappa shape index (κ1) is 12.4. The lowest BCUT2D eigenvalue weighted by Gasteiger charge is -1.98. The second kappa shape index (κ2) is 7.63. The molecule has 0 fully saturated rings. The largest absolute Gasteiger partial charge is 0.240 e. The van der Waals surface area contributed by atoms with Gasteiger partial charge in [0.05, 0.1) is 14.2 Å². The van der Waals surface area contributed by atoms with Gasteiger partial charge in [-0.3, -0.25) is 0 Å². The lowest BCUT2D eigenvalue weighted by molar-refractivity contribution is -0.248. The van der Waals surface area contributed by atoms with Crippen molar-refractivity contribution < 1.29 is 9.78 Å². The second-order valence-electron chi connectivity index (χ2n) is 3.07. The first-order chi connectivity index (χ1) is 7.88. The van der Waals surface area contributed by atoms with E-state index in [1.54, 1.807) is 0 Å². The number of hydrogen-bond donors (Lipinski definition) is 0. The van der Waals surface area contributed by atoms with Gasteiger partial charge in [-0.05, 0) is 11.1 Å². The molecule has 0 aliphatic rings. The summed E-state index contributed by atoms with van der Waals surface area (Å²) in [5.74, 6) is 0. The zero-order chi connectivity index (χ0) is 11.6. The molecule has 2 rings (SSSR count). The first-order valence-electron chi connectivity index (χ1n) is 5.05. The van der Waals surface area contributed by atoms with Crippen molar-refractivity contribution in [2.24, 2.45) is 0 Å². The van der Waals surface area contributed by atoms with E-state index in [9.17, 15) is 0 Å². The Morgan fingerprint density at radius 1 is 0.562 bits per heavy atom. The fourth-order valence-electron chi connectivity index (χ4n) is 1.26. The summed E-state index contributed by atoms with van der Waals surface area (Å²) < 4.78 is 0. The van der Waals surface area contributed by atoms with Gasteiger partial charge in [-0.25, -0.2) is 9.78 Å². The van der Waals surface area contributed by atoms with Crippen molar-refractivity contribution in [3.63, 3.8) is 0 Å². The van der Waals surface area contributed by atoms with Crippen molar-refractivity contribution in [2.45, 2.75) is 0 Å². The Bertz CT molecular complexity index is 331. The van der Waals surface area contributed by atoms with E-state index >= 15 is 0 Å². The average molecular weight is 216 g/mol. The molecule has 0 saturated heterocycles. The van der Waals surface area contributed by atoms with Crippen molar-refractivity contribution in [3.8, 4) is 11.1 Å². The Kier molecular flexibility index (Phi) is 5.92. The van der Waals surface area contributed by atoms with Crippen molar-refractivity contribution in [1.82, 2.24) is 0 Å². The van der Waals surface area contributed by atoms with E-state index in [-0.39, 0.29) is 0 Å². The highest BCUT2D eigenvalue weighted by molar-refractivity contribution is 5.62. The van der Waals surface area contributed by atoms with Crippen LogP contribution in [0, 0.1) is 0 Å². The number of hydrogen-bond acceptors (Lipinski definition) is 2. The van der Waals surface area contributed by atoms with Crippen molar-refractivity contribution in [3.05, 3.63) is 60.7 Å². The topological polar surface area (TPSA) is 18.5 Å². The Morgan fingerprint density at radius 3 is 1.12 bits per heavy atom. The van der Waals surface area contributed by atoms with Gasteiger partial charge in [-0.2, -0.15) is 0 Å². The summed E-state index contributed by atoms with van der Waals surface area (Å²) in [5, 5.41) is 0. The highest BCUT2D eigenvalue weighted by atomic mass is 17.2. The normalized spacial score (nSPS) is 9.12. The minimum atomic E-state index is 1.28. The van der Waals surface area contributed by atoms with E-state index in [1.807, 2.05) is 12.1 Å². The molecule has 16 heavy (non-hydrogen) atoms. The number of benzene rings is 2. The van der Waals surface area contributed by atoms with Gasteiger partial charge in [0.15, 0.2) is 0 Å². The maximum atomic E-state index is 4.04. The Balaban J connectivity index is 0.000000280. The van der Waals surface area contributed by atoms with Crippen LogP contribution in [0.25, 0.3) is 11.1 Å². The molecule has 2 heteroatoms. The van der Waals surface area contributed by atoms with E-state index in [1.165, 1.54) is 25.3 Å². The molecule has 0 aliphatic heterocycles. The Hall–Kier alpha value is -1.64. The van der Waals surface area contributed by atoms with E-state index < -0.39 is 0 Å². The van der Waals surface area contributed by atoms with Crippen LogP contribution in [-0.4, -0.2) is 14.2 Å². The van der Waals surface area contributed by atoms with Crippen LogP contribution in [0.1, 0.15) is 0 Å². The van der Waals surface area contributed by atoms with Gasteiger partial charge in [0.1, 0.15) is 0 Å². The Morgan fingerprint density at radius 2 is 0.875 bits per heavy atom. The van der Waals surface area contributed by atoms with E-state index in [4.69, 9.17) is 0 Å². The van der Waals surface area contributed by atoms with E-state index in [0.717, 1.165) is 0 Å². The predicted molar refractivity (Wildman–Crippen MR) is 65.9 cm³/mol. The Labute approximate surface area is 96.4 Å². The lowest BCUT2D eigenvalue weighted by Crippen LogP contribution is -1.73. The molecule has 2 aromatic carbocycles. The standard InChI is InChI=1S/C12H10.C2H6O2/c1-3-7-11(8-4-1)12-9-5-2-6-10-12;1-3-4-2/h1-10H;1-2H3. The first-order valence-corrected chi connectivity index (χ1v) is 5.05. The molecule has 0 amide bonds. The van der Waals surface area contributed by atoms with Crippen LogP contribution < -0.4 is 0 Å². The minimum absolute atomic E-state index is 1.28. The summed E-state index contributed by atoms with van der Waals surface area (Å²) in [4.78, 5) is 8.08. The fourth-order valence-corrected chi connectivity index (χ4v) is 1.26. The zero-order valence-electron chi connectivity index (χ0n) is 9.59. The molecule has 0 aliphatic carbocycles. The van der Waals surface area contributed by atoms with Gasteiger partial charge in [-0.15, -0.1) is 0 Å². The molecular formula is C14H16O2. The predicted octanol–water partition coefficient (Wildman–Crippen LogP) is 3.55. The third-order valence-electron chi connectivity index (χ3n) is 2.05. The molecule has 0 bridgehead atoms. The van der Waals surface area contributed by atoms with Crippen LogP contribution >= 0.6 is 0 Å². The summed E-state index contributed by atoms with van der Waals surface area (Å²) in [5.41, 5.74) is 2.55. The van der Waals surface area contributed by atoms with Crippen LogP contribution in [0.4, 0.5) is 0 Å². The van der Waals surface area contributed by atoms with Gasteiger partial charge in [0, 0.05) is 0 Å². The van der Waals surface area contributed by atoms with E-state index in [0.29, 0.717) is 0 Å². The van der Waals surface area contributed by atoms with Crippen molar-refractivity contribution >= 4 is 0 Å². The molecule has 0 radical (unpaired) electrons. The summed E-state index contributed by atoms with van der Waals surface area (Å²) in [6, 6.07) is 20.8. The van der Waals surface area contributed by atoms with Gasteiger partial charge in [0.25, 0.3) is 0 Å². The van der Waals surface area contributed by atoms with Gasteiger partial charge in [0.2, 0.25) is 0 Å². The monoisotopic (exact) mass is 216 g/mol. The molecular weight excluding hydrogens is 200 g/mol. The van der Waals surface area contributed by atoms with Gasteiger partial charge >= 0.3 is 0 Å². The highest BCUT2D eigenvalue weighted by Gasteiger charge is 1.91. The molecule has 0 unspecified atom stereocenters. The highest BCUT2D eigenvalue weighted by Crippen LogP contribution is 2.17. The molecule has 0 spiro atoms. The fraction of sp³-hybridized carbons (Fsp3) is 0.143. The maximum Gasteiger partial charge on any atom is 0.0712 e. The maximum absolute atomic E-state index is 4.04. The third-order valence-corrected chi connectivity index (χ3v) is 2.05. The second-order valence-corrected chi connectivity index (χ2v) is 3.07.